The second-order valence-electron chi connectivity index (χ2n) is 3.37. The molecule has 0 radical (unpaired) electrons. The highest BCUT2D eigenvalue weighted by molar-refractivity contribution is 7.99. The summed E-state index contributed by atoms with van der Waals surface area (Å²) in [6.45, 7) is 6.30. The first-order valence-corrected chi connectivity index (χ1v) is 6.05. The lowest BCUT2D eigenvalue weighted by molar-refractivity contribution is 0.182. The molecule has 0 aliphatic carbocycles. The van der Waals surface area contributed by atoms with Gasteiger partial charge in [0.05, 0.1) is 6.10 Å². The Kier molecular flexibility index (Phi) is 8.14. The van der Waals surface area contributed by atoms with Crippen molar-refractivity contribution in [2.45, 2.75) is 57.8 Å². The van der Waals surface area contributed by atoms with Crippen LogP contribution in [0.25, 0.3) is 0 Å². The Balaban J connectivity index is 3.54. The molecule has 0 heterocycles. The second kappa shape index (κ2) is 7.93. The van der Waals surface area contributed by atoms with Crippen molar-refractivity contribution in [2.24, 2.45) is 0 Å². The van der Waals surface area contributed by atoms with Crippen molar-refractivity contribution < 1.29 is 5.11 Å². The van der Waals surface area contributed by atoms with Gasteiger partial charge >= 0.3 is 0 Å². The molecule has 74 valence electrons. The fourth-order valence-corrected chi connectivity index (χ4v) is 2.64. The Morgan fingerprint density at radius 3 is 2.33 bits per heavy atom. The molecule has 1 N–H and O–H groups in total. The molecule has 2 atom stereocenters. The first kappa shape index (κ1) is 12.3. The van der Waals surface area contributed by atoms with Crippen LogP contribution in [0.1, 0.15) is 46.5 Å². The summed E-state index contributed by atoms with van der Waals surface area (Å²) in [5, 5.41) is 9.91. The smallest absolute Gasteiger partial charge is 0.0522 e. The van der Waals surface area contributed by atoms with Crippen LogP contribution in [-0.2, 0) is 0 Å². The van der Waals surface area contributed by atoms with Gasteiger partial charge in [-0.3, -0.25) is 0 Å². The van der Waals surface area contributed by atoms with E-state index < -0.39 is 0 Å². The fraction of sp³-hybridized carbons (Fsp3) is 1.00. The van der Waals surface area contributed by atoms with Gasteiger partial charge in [-0.15, -0.1) is 0 Å². The summed E-state index contributed by atoms with van der Waals surface area (Å²) in [6.07, 6.45) is 4.54. The minimum atomic E-state index is -0.133. The number of thioether (sulfide) groups is 1. The molecule has 0 aliphatic rings. The van der Waals surface area contributed by atoms with Crippen LogP contribution < -0.4 is 0 Å². The predicted octanol–water partition coefficient (Wildman–Crippen LogP) is 3.07. The van der Waals surface area contributed by atoms with Crippen LogP contribution in [0, 0.1) is 0 Å². The molecule has 0 saturated carbocycles. The third kappa shape index (κ3) is 6.99. The molecule has 0 amide bonds. The van der Waals surface area contributed by atoms with E-state index >= 15 is 0 Å². The zero-order chi connectivity index (χ0) is 9.40. The highest BCUT2D eigenvalue weighted by Crippen LogP contribution is 2.21. The number of rotatable bonds is 7. The molecule has 0 aromatic heterocycles. The topological polar surface area (TPSA) is 20.2 Å². The maximum absolute atomic E-state index is 9.24. The SMILES string of the molecule is CCCSC(CCC)CC(C)O. The summed E-state index contributed by atoms with van der Waals surface area (Å²) in [6, 6.07) is 0. The summed E-state index contributed by atoms with van der Waals surface area (Å²) < 4.78 is 0. The second-order valence-corrected chi connectivity index (χ2v) is 4.77. The van der Waals surface area contributed by atoms with Crippen LogP contribution >= 0.6 is 11.8 Å². The zero-order valence-corrected chi connectivity index (χ0v) is 9.36. The molecule has 0 aromatic carbocycles. The predicted molar refractivity (Wildman–Crippen MR) is 57.7 cm³/mol. The maximum atomic E-state index is 9.24. The molecule has 0 rings (SSSR count). The summed E-state index contributed by atoms with van der Waals surface area (Å²) in [4.78, 5) is 0. The van der Waals surface area contributed by atoms with Crippen molar-refractivity contribution in [3.8, 4) is 0 Å². The van der Waals surface area contributed by atoms with E-state index in [0.717, 1.165) is 6.42 Å². The molecule has 0 bridgehead atoms. The van der Waals surface area contributed by atoms with E-state index in [1.807, 2.05) is 18.7 Å². The van der Waals surface area contributed by atoms with Gasteiger partial charge in [0.1, 0.15) is 0 Å². The number of aliphatic hydroxyl groups excluding tert-OH is 1. The summed E-state index contributed by atoms with van der Waals surface area (Å²) in [5.41, 5.74) is 0. The van der Waals surface area contributed by atoms with Gasteiger partial charge in [-0.2, -0.15) is 11.8 Å². The van der Waals surface area contributed by atoms with E-state index in [1.165, 1.54) is 25.0 Å². The highest BCUT2D eigenvalue weighted by Gasteiger charge is 2.10. The first-order valence-electron chi connectivity index (χ1n) is 5.00. The van der Waals surface area contributed by atoms with Crippen LogP contribution in [0.15, 0.2) is 0 Å². The Morgan fingerprint density at radius 2 is 1.92 bits per heavy atom. The monoisotopic (exact) mass is 190 g/mol. The summed E-state index contributed by atoms with van der Waals surface area (Å²) >= 11 is 2.01. The van der Waals surface area contributed by atoms with Crippen molar-refractivity contribution in [2.75, 3.05) is 5.75 Å². The third-order valence-electron chi connectivity index (χ3n) is 1.77. The van der Waals surface area contributed by atoms with Gasteiger partial charge in [-0.05, 0) is 31.9 Å². The molecule has 2 unspecified atom stereocenters. The first-order chi connectivity index (χ1) is 5.70. The quantitative estimate of drug-likeness (QED) is 0.666. The van der Waals surface area contributed by atoms with Crippen LogP contribution in [-0.4, -0.2) is 22.2 Å². The van der Waals surface area contributed by atoms with E-state index in [0.29, 0.717) is 5.25 Å². The van der Waals surface area contributed by atoms with Crippen molar-refractivity contribution in [3.05, 3.63) is 0 Å². The van der Waals surface area contributed by atoms with E-state index in [9.17, 15) is 5.11 Å². The molecule has 1 nitrogen and oxygen atoms in total. The number of hydrogen-bond donors (Lipinski definition) is 1. The highest BCUT2D eigenvalue weighted by atomic mass is 32.2. The van der Waals surface area contributed by atoms with E-state index in [2.05, 4.69) is 13.8 Å². The lowest BCUT2D eigenvalue weighted by Crippen LogP contribution is -2.12. The maximum Gasteiger partial charge on any atom is 0.0522 e. The van der Waals surface area contributed by atoms with E-state index in [4.69, 9.17) is 0 Å². The summed E-state index contributed by atoms with van der Waals surface area (Å²) in [7, 11) is 0. The molecule has 0 aromatic rings. The minimum absolute atomic E-state index is 0.133. The van der Waals surface area contributed by atoms with Crippen LogP contribution in [0.5, 0.6) is 0 Å². The third-order valence-corrected chi connectivity index (χ3v) is 3.32. The van der Waals surface area contributed by atoms with Crippen molar-refractivity contribution >= 4 is 11.8 Å². The number of aliphatic hydroxyl groups is 1. The average Bonchev–Trinajstić information content (AvgIpc) is 2.00. The number of hydrogen-bond acceptors (Lipinski definition) is 2. The van der Waals surface area contributed by atoms with Gasteiger partial charge in [0, 0.05) is 5.25 Å². The zero-order valence-electron chi connectivity index (χ0n) is 8.55. The lowest BCUT2D eigenvalue weighted by Gasteiger charge is -2.16. The van der Waals surface area contributed by atoms with Gasteiger partial charge in [0.15, 0.2) is 0 Å². The van der Waals surface area contributed by atoms with E-state index in [1.54, 1.807) is 0 Å². The van der Waals surface area contributed by atoms with Gasteiger partial charge in [0.25, 0.3) is 0 Å². The van der Waals surface area contributed by atoms with Gasteiger partial charge in [-0.1, -0.05) is 20.3 Å². The Morgan fingerprint density at radius 1 is 1.25 bits per heavy atom. The molecule has 12 heavy (non-hydrogen) atoms. The molecular weight excluding hydrogens is 168 g/mol. The molecular formula is C10H22OS. The lowest BCUT2D eigenvalue weighted by atomic mass is 10.1. The van der Waals surface area contributed by atoms with Gasteiger partial charge < -0.3 is 5.11 Å². The molecule has 0 aliphatic heterocycles. The molecule has 0 spiro atoms. The van der Waals surface area contributed by atoms with Gasteiger partial charge in [-0.25, -0.2) is 0 Å². The fourth-order valence-electron chi connectivity index (χ4n) is 1.26. The van der Waals surface area contributed by atoms with Gasteiger partial charge in [0.2, 0.25) is 0 Å². The Bertz CT molecular complexity index is 93.8. The Labute approximate surface area is 80.9 Å². The standard InChI is InChI=1S/C10H22OS/c1-4-6-10(8-9(3)11)12-7-5-2/h9-11H,4-8H2,1-3H3. The van der Waals surface area contributed by atoms with Crippen molar-refractivity contribution in [3.63, 3.8) is 0 Å². The summed E-state index contributed by atoms with van der Waals surface area (Å²) in [5.74, 6) is 1.23. The van der Waals surface area contributed by atoms with Crippen LogP contribution in [0.3, 0.4) is 0 Å². The minimum Gasteiger partial charge on any atom is -0.393 e. The van der Waals surface area contributed by atoms with Crippen LogP contribution in [0.4, 0.5) is 0 Å². The van der Waals surface area contributed by atoms with Crippen molar-refractivity contribution in [1.29, 1.82) is 0 Å². The van der Waals surface area contributed by atoms with Crippen LogP contribution in [0.2, 0.25) is 0 Å². The molecule has 0 fully saturated rings. The average molecular weight is 190 g/mol. The molecule has 2 heteroatoms. The van der Waals surface area contributed by atoms with E-state index in [-0.39, 0.29) is 6.10 Å². The molecule has 0 saturated heterocycles. The normalized spacial score (nSPS) is 16.0. The van der Waals surface area contributed by atoms with Crippen molar-refractivity contribution in [1.82, 2.24) is 0 Å². The Hall–Kier alpha value is 0.310. The largest absolute Gasteiger partial charge is 0.393 e.